The first kappa shape index (κ1) is 21.2. The van der Waals surface area contributed by atoms with Crippen molar-refractivity contribution in [2.75, 3.05) is 0 Å². The quantitative estimate of drug-likeness (QED) is 0.338. The number of para-hydroxylation sites is 1. The molecule has 0 fully saturated rings. The number of hydrogen-bond acceptors (Lipinski definition) is 3. The average molecular weight is 420 g/mol. The number of aliphatic imine (C=N–C) groups is 1. The monoisotopic (exact) mass is 419 g/mol. The van der Waals surface area contributed by atoms with Gasteiger partial charge < -0.3 is 9.51 Å². The largest absolute Gasteiger partial charge is 0.389 e. The Balaban J connectivity index is 0.000000158. The molecule has 1 unspecified atom stereocenters. The molecule has 4 heteroatoms. The van der Waals surface area contributed by atoms with E-state index in [0.29, 0.717) is 0 Å². The van der Waals surface area contributed by atoms with Crippen LogP contribution in [0.4, 0.5) is 5.69 Å². The van der Waals surface area contributed by atoms with Crippen molar-refractivity contribution in [3.63, 3.8) is 0 Å². The highest BCUT2D eigenvalue weighted by Crippen LogP contribution is 2.31. The molecule has 0 radical (unpaired) electrons. The Morgan fingerprint density at radius 3 is 2.28 bits per heavy atom. The molecule has 0 amide bonds. The smallest absolute Gasteiger partial charge is 0.0783 e. The van der Waals surface area contributed by atoms with Gasteiger partial charge in [0.05, 0.1) is 17.5 Å². The van der Waals surface area contributed by atoms with E-state index in [1.54, 1.807) is 13.1 Å². The fourth-order valence-electron chi connectivity index (χ4n) is 3.47. The van der Waals surface area contributed by atoms with Crippen LogP contribution in [-0.4, -0.2) is 20.7 Å². The number of benzene rings is 2. The number of aliphatic hydroxyl groups is 1. The van der Waals surface area contributed by atoms with Gasteiger partial charge in [-0.15, -0.1) is 0 Å². The van der Waals surface area contributed by atoms with Crippen molar-refractivity contribution in [1.82, 2.24) is 9.38 Å². The molecular weight excluding hydrogens is 394 g/mol. The van der Waals surface area contributed by atoms with Crippen LogP contribution in [0.3, 0.4) is 0 Å². The first-order chi connectivity index (χ1) is 15.7. The molecule has 1 N–H and O–H groups in total. The number of rotatable bonds is 4. The van der Waals surface area contributed by atoms with Crippen LogP contribution in [-0.2, 0) is 0 Å². The van der Waals surface area contributed by atoms with Gasteiger partial charge in [-0.25, -0.2) is 0 Å². The summed E-state index contributed by atoms with van der Waals surface area (Å²) >= 11 is 0. The van der Waals surface area contributed by atoms with E-state index < -0.39 is 6.10 Å². The van der Waals surface area contributed by atoms with E-state index in [1.165, 1.54) is 0 Å². The Morgan fingerprint density at radius 1 is 0.875 bits per heavy atom. The Morgan fingerprint density at radius 2 is 1.59 bits per heavy atom. The summed E-state index contributed by atoms with van der Waals surface area (Å²) in [7, 11) is 0. The van der Waals surface area contributed by atoms with Crippen molar-refractivity contribution in [2.45, 2.75) is 13.0 Å². The van der Waals surface area contributed by atoms with Gasteiger partial charge in [-0.3, -0.25) is 9.98 Å². The van der Waals surface area contributed by atoms with Crippen molar-refractivity contribution >= 4 is 17.4 Å². The van der Waals surface area contributed by atoms with Crippen molar-refractivity contribution < 1.29 is 5.11 Å². The molecular formula is C28H25N3O. The Bertz CT molecular complexity index is 1240. The standard InChI is InChI=1S/C15H14N2O.C13H11N/c1-11(18)14-9-13-6-2-3-8-17(13)15(14)12-5-4-7-16-10-12;1-3-7-12(8-4-1)11-14-13-9-5-2-6-10-13/h2-11,18H,1H3;1-11H/b;14-11+. The molecule has 0 saturated carbocycles. The molecule has 3 heterocycles. The lowest BCUT2D eigenvalue weighted by Gasteiger charge is -2.08. The Labute approximate surface area is 188 Å². The second-order valence-corrected chi connectivity index (χ2v) is 7.37. The van der Waals surface area contributed by atoms with Crippen LogP contribution in [0.5, 0.6) is 0 Å². The molecule has 1 atom stereocenters. The molecule has 158 valence electrons. The van der Waals surface area contributed by atoms with Gasteiger partial charge in [0, 0.05) is 41.4 Å². The minimum Gasteiger partial charge on any atom is -0.389 e. The van der Waals surface area contributed by atoms with Crippen LogP contribution in [0, 0.1) is 0 Å². The van der Waals surface area contributed by atoms with E-state index in [-0.39, 0.29) is 0 Å². The molecule has 0 aliphatic carbocycles. The predicted octanol–water partition coefficient (Wildman–Crippen LogP) is 6.49. The third kappa shape index (κ3) is 5.17. The Kier molecular flexibility index (Phi) is 6.85. The summed E-state index contributed by atoms with van der Waals surface area (Å²) in [6.07, 6.45) is 6.95. The normalized spacial score (nSPS) is 11.8. The summed E-state index contributed by atoms with van der Waals surface area (Å²) < 4.78 is 2.08. The van der Waals surface area contributed by atoms with Gasteiger partial charge in [-0.05, 0) is 55.0 Å². The van der Waals surface area contributed by atoms with Crippen LogP contribution in [0.25, 0.3) is 16.8 Å². The van der Waals surface area contributed by atoms with Crippen molar-refractivity contribution in [3.05, 3.63) is 127 Å². The van der Waals surface area contributed by atoms with Crippen LogP contribution in [0.15, 0.2) is 121 Å². The number of hydrogen-bond donors (Lipinski definition) is 1. The zero-order valence-corrected chi connectivity index (χ0v) is 17.9. The molecule has 4 nitrogen and oxygen atoms in total. The highest BCUT2D eigenvalue weighted by molar-refractivity contribution is 5.81. The SMILES string of the molecule is C(=N\c1ccccc1)/c1ccccc1.CC(O)c1cc2ccccn2c1-c1cccnc1. The number of pyridine rings is 2. The molecule has 0 bridgehead atoms. The van der Waals surface area contributed by atoms with Crippen LogP contribution in [0.1, 0.15) is 24.2 Å². The summed E-state index contributed by atoms with van der Waals surface area (Å²) in [6.45, 7) is 1.79. The summed E-state index contributed by atoms with van der Waals surface area (Å²) in [5, 5.41) is 9.93. The van der Waals surface area contributed by atoms with Gasteiger partial charge in [-0.1, -0.05) is 54.6 Å². The summed E-state index contributed by atoms with van der Waals surface area (Å²) in [5.74, 6) is 0. The van der Waals surface area contributed by atoms with E-state index in [1.807, 2.05) is 116 Å². The Hall–Kier alpha value is -4.02. The zero-order valence-electron chi connectivity index (χ0n) is 17.9. The topological polar surface area (TPSA) is 49.9 Å². The summed E-state index contributed by atoms with van der Waals surface area (Å²) in [5.41, 5.74) is 6.13. The predicted molar refractivity (Wildman–Crippen MR) is 131 cm³/mol. The van der Waals surface area contributed by atoms with E-state index in [9.17, 15) is 5.11 Å². The van der Waals surface area contributed by atoms with Gasteiger partial charge in [-0.2, -0.15) is 0 Å². The van der Waals surface area contributed by atoms with Gasteiger partial charge in [0.15, 0.2) is 0 Å². The minimum absolute atomic E-state index is 0.500. The third-order valence-corrected chi connectivity index (χ3v) is 5.01. The molecule has 0 aliphatic rings. The lowest BCUT2D eigenvalue weighted by atomic mass is 10.1. The summed E-state index contributed by atoms with van der Waals surface area (Å²) in [4.78, 5) is 8.50. The maximum Gasteiger partial charge on any atom is 0.0783 e. The van der Waals surface area contributed by atoms with E-state index in [0.717, 1.165) is 33.6 Å². The molecule has 5 aromatic rings. The van der Waals surface area contributed by atoms with Crippen molar-refractivity contribution in [1.29, 1.82) is 0 Å². The third-order valence-electron chi connectivity index (χ3n) is 5.01. The maximum atomic E-state index is 9.93. The average Bonchev–Trinajstić information content (AvgIpc) is 3.25. The van der Waals surface area contributed by atoms with Gasteiger partial charge in [0.25, 0.3) is 0 Å². The lowest BCUT2D eigenvalue weighted by molar-refractivity contribution is 0.200. The highest BCUT2D eigenvalue weighted by Gasteiger charge is 2.15. The first-order valence-corrected chi connectivity index (χ1v) is 10.5. The number of aromatic nitrogens is 2. The van der Waals surface area contributed by atoms with Crippen LogP contribution >= 0.6 is 0 Å². The number of fused-ring (bicyclic) bond motifs is 1. The number of aliphatic hydroxyl groups excluding tert-OH is 1. The van der Waals surface area contributed by atoms with Crippen LogP contribution in [0.2, 0.25) is 0 Å². The van der Waals surface area contributed by atoms with Gasteiger partial charge in [0.2, 0.25) is 0 Å². The molecule has 3 aromatic heterocycles. The van der Waals surface area contributed by atoms with Gasteiger partial charge in [0.1, 0.15) is 0 Å². The van der Waals surface area contributed by atoms with Gasteiger partial charge >= 0.3 is 0 Å². The lowest BCUT2D eigenvalue weighted by Crippen LogP contribution is -1.95. The van der Waals surface area contributed by atoms with E-state index in [2.05, 4.69) is 14.4 Å². The van der Waals surface area contributed by atoms with E-state index in [4.69, 9.17) is 0 Å². The molecule has 0 saturated heterocycles. The molecule has 0 spiro atoms. The fourth-order valence-corrected chi connectivity index (χ4v) is 3.47. The summed E-state index contributed by atoms with van der Waals surface area (Å²) in [6, 6.07) is 32.0. The fraction of sp³-hybridized carbons (Fsp3) is 0.0714. The first-order valence-electron chi connectivity index (χ1n) is 10.5. The molecule has 2 aromatic carbocycles. The van der Waals surface area contributed by atoms with Crippen molar-refractivity contribution in [2.24, 2.45) is 4.99 Å². The minimum atomic E-state index is -0.500. The second-order valence-electron chi connectivity index (χ2n) is 7.37. The maximum absolute atomic E-state index is 9.93. The zero-order chi connectivity index (χ0) is 22.2. The van der Waals surface area contributed by atoms with E-state index >= 15 is 0 Å². The highest BCUT2D eigenvalue weighted by atomic mass is 16.3. The van der Waals surface area contributed by atoms with Crippen molar-refractivity contribution in [3.8, 4) is 11.3 Å². The second kappa shape index (κ2) is 10.3. The van der Waals surface area contributed by atoms with Crippen LogP contribution < -0.4 is 0 Å². The molecule has 5 rings (SSSR count). The molecule has 0 aliphatic heterocycles. The number of nitrogens with zero attached hydrogens (tertiary/aromatic N) is 3. The molecule has 32 heavy (non-hydrogen) atoms.